The van der Waals surface area contributed by atoms with E-state index in [1.54, 1.807) is 11.2 Å². The third kappa shape index (κ3) is 5.26. The molecule has 2 saturated heterocycles. The van der Waals surface area contributed by atoms with Crippen LogP contribution in [0.5, 0.6) is 0 Å². The van der Waals surface area contributed by atoms with E-state index in [-0.39, 0.29) is 10.9 Å². The molecule has 27 heavy (non-hydrogen) atoms. The Morgan fingerprint density at radius 3 is 2.81 bits per heavy atom. The lowest BCUT2D eigenvalue weighted by Crippen LogP contribution is -2.49. The first-order chi connectivity index (χ1) is 13.0. The van der Waals surface area contributed by atoms with Crippen LogP contribution in [0.2, 0.25) is 0 Å². The number of piperidine rings is 1. The number of hydrogen-bond donors (Lipinski definition) is 1. The smallest absolute Gasteiger partial charge is 0.243 e. The summed E-state index contributed by atoms with van der Waals surface area (Å²) in [5, 5.41) is 3.30. The van der Waals surface area contributed by atoms with Crippen LogP contribution < -0.4 is 5.32 Å². The Morgan fingerprint density at radius 2 is 2.11 bits per heavy atom. The first-order valence-electron chi connectivity index (χ1n) is 9.77. The Hall–Kier alpha value is -1.06. The number of rotatable bonds is 7. The molecular formula is C19H30FN3O3S. The molecule has 0 radical (unpaired) electrons. The molecular weight excluding hydrogens is 369 g/mol. The van der Waals surface area contributed by atoms with Crippen molar-refractivity contribution < 1.29 is 17.5 Å². The van der Waals surface area contributed by atoms with E-state index in [2.05, 4.69) is 10.2 Å². The molecule has 152 valence electrons. The van der Waals surface area contributed by atoms with Crippen LogP contribution in [0, 0.1) is 12.7 Å². The molecule has 0 bridgehead atoms. The van der Waals surface area contributed by atoms with Gasteiger partial charge in [-0.3, -0.25) is 4.90 Å². The highest BCUT2D eigenvalue weighted by molar-refractivity contribution is 7.89. The summed E-state index contributed by atoms with van der Waals surface area (Å²) in [6.07, 6.45) is 2.53. The average molecular weight is 400 g/mol. The van der Waals surface area contributed by atoms with Gasteiger partial charge in [-0.05, 0) is 57.0 Å². The number of halogens is 1. The molecule has 1 unspecified atom stereocenters. The Bertz CT molecular complexity index is 717. The summed E-state index contributed by atoms with van der Waals surface area (Å²) < 4.78 is 47.5. The molecule has 3 rings (SSSR count). The zero-order valence-electron chi connectivity index (χ0n) is 16.0. The van der Waals surface area contributed by atoms with Gasteiger partial charge in [0.1, 0.15) is 5.82 Å². The number of benzene rings is 1. The average Bonchev–Trinajstić information content (AvgIpc) is 2.68. The second-order valence-corrected chi connectivity index (χ2v) is 9.19. The fraction of sp³-hybridized carbons (Fsp3) is 0.684. The van der Waals surface area contributed by atoms with Crippen LogP contribution >= 0.6 is 0 Å². The maximum Gasteiger partial charge on any atom is 0.243 e. The highest BCUT2D eigenvalue weighted by Gasteiger charge is 2.33. The molecule has 1 N–H and O–H groups in total. The summed E-state index contributed by atoms with van der Waals surface area (Å²) in [4.78, 5) is 2.39. The molecule has 0 amide bonds. The van der Waals surface area contributed by atoms with E-state index >= 15 is 0 Å². The fourth-order valence-electron chi connectivity index (χ4n) is 3.83. The monoisotopic (exact) mass is 399 g/mol. The van der Waals surface area contributed by atoms with Crippen molar-refractivity contribution in [2.24, 2.45) is 0 Å². The summed E-state index contributed by atoms with van der Waals surface area (Å²) >= 11 is 0. The van der Waals surface area contributed by atoms with E-state index < -0.39 is 15.8 Å². The van der Waals surface area contributed by atoms with Crippen molar-refractivity contribution >= 4 is 10.0 Å². The van der Waals surface area contributed by atoms with E-state index in [0.717, 1.165) is 64.7 Å². The number of nitrogens with zero attached hydrogens (tertiary/aromatic N) is 2. The zero-order valence-corrected chi connectivity index (χ0v) is 16.8. The predicted octanol–water partition coefficient (Wildman–Crippen LogP) is 1.60. The third-order valence-electron chi connectivity index (χ3n) is 5.37. The second kappa shape index (κ2) is 9.43. The summed E-state index contributed by atoms with van der Waals surface area (Å²) in [5.41, 5.74) is 0.582. The van der Waals surface area contributed by atoms with Crippen molar-refractivity contribution in [3.63, 3.8) is 0 Å². The number of ether oxygens (including phenoxy) is 1. The van der Waals surface area contributed by atoms with Crippen LogP contribution in [-0.4, -0.2) is 76.1 Å². The SMILES string of the molecule is Cc1ccc(F)cc1S(=O)(=O)N(CCCN1CCOCC1)C1CCCNC1. The van der Waals surface area contributed by atoms with Crippen molar-refractivity contribution in [1.82, 2.24) is 14.5 Å². The summed E-state index contributed by atoms with van der Waals surface area (Å²) in [6, 6.07) is 3.90. The second-order valence-electron chi connectivity index (χ2n) is 7.33. The molecule has 1 aromatic rings. The highest BCUT2D eigenvalue weighted by atomic mass is 32.2. The minimum absolute atomic E-state index is 0.0828. The van der Waals surface area contributed by atoms with Gasteiger partial charge in [0.25, 0.3) is 0 Å². The standard InChI is InChI=1S/C19H30FN3O3S/c1-16-5-6-17(20)14-19(16)27(24,25)23(18-4-2-7-21-15-18)9-3-8-22-10-12-26-13-11-22/h5-6,14,18,21H,2-4,7-13,15H2,1H3. The number of morpholine rings is 1. The molecule has 2 fully saturated rings. The quantitative estimate of drug-likeness (QED) is 0.755. The molecule has 2 heterocycles. The molecule has 1 aromatic carbocycles. The van der Waals surface area contributed by atoms with Gasteiger partial charge in [0.2, 0.25) is 10.0 Å². The van der Waals surface area contributed by atoms with Gasteiger partial charge >= 0.3 is 0 Å². The van der Waals surface area contributed by atoms with Crippen molar-refractivity contribution in [2.75, 3.05) is 52.5 Å². The van der Waals surface area contributed by atoms with Gasteiger partial charge in [-0.25, -0.2) is 12.8 Å². The molecule has 1 atom stereocenters. The largest absolute Gasteiger partial charge is 0.379 e. The van der Waals surface area contributed by atoms with E-state index in [4.69, 9.17) is 4.74 Å². The first-order valence-corrected chi connectivity index (χ1v) is 11.2. The minimum atomic E-state index is -3.75. The van der Waals surface area contributed by atoms with Gasteiger partial charge in [-0.15, -0.1) is 0 Å². The van der Waals surface area contributed by atoms with E-state index in [9.17, 15) is 12.8 Å². The Labute approximate surface area is 161 Å². The first kappa shape index (κ1) is 20.7. The summed E-state index contributed by atoms with van der Waals surface area (Å²) in [7, 11) is -3.75. The fourth-order valence-corrected chi connectivity index (χ4v) is 5.76. The molecule has 8 heteroatoms. The van der Waals surface area contributed by atoms with Crippen molar-refractivity contribution in [1.29, 1.82) is 0 Å². The van der Waals surface area contributed by atoms with Gasteiger partial charge < -0.3 is 10.1 Å². The Balaban J connectivity index is 1.76. The summed E-state index contributed by atoms with van der Waals surface area (Å²) in [6.45, 7) is 7.81. The van der Waals surface area contributed by atoms with Crippen LogP contribution in [0.15, 0.2) is 23.1 Å². The number of hydrogen-bond acceptors (Lipinski definition) is 5. The molecule has 2 aliphatic rings. The molecule has 0 saturated carbocycles. The van der Waals surface area contributed by atoms with Gasteiger partial charge in [0.15, 0.2) is 0 Å². The van der Waals surface area contributed by atoms with Gasteiger partial charge in [-0.1, -0.05) is 6.07 Å². The topological polar surface area (TPSA) is 61.9 Å². The van der Waals surface area contributed by atoms with Gasteiger partial charge in [0.05, 0.1) is 18.1 Å². The van der Waals surface area contributed by atoms with Crippen LogP contribution in [0.25, 0.3) is 0 Å². The molecule has 0 aromatic heterocycles. The lowest BCUT2D eigenvalue weighted by Gasteiger charge is -2.35. The Morgan fingerprint density at radius 1 is 1.33 bits per heavy atom. The Kier molecular flexibility index (Phi) is 7.22. The van der Waals surface area contributed by atoms with E-state index in [1.807, 2.05) is 0 Å². The molecule has 6 nitrogen and oxygen atoms in total. The van der Waals surface area contributed by atoms with Crippen molar-refractivity contribution in [2.45, 2.75) is 37.1 Å². The number of aryl methyl sites for hydroxylation is 1. The van der Waals surface area contributed by atoms with Gasteiger partial charge in [0, 0.05) is 32.2 Å². The van der Waals surface area contributed by atoms with Crippen LogP contribution in [-0.2, 0) is 14.8 Å². The lowest BCUT2D eigenvalue weighted by molar-refractivity contribution is 0.0365. The van der Waals surface area contributed by atoms with Crippen molar-refractivity contribution in [3.05, 3.63) is 29.6 Å². The highest BCUT2D eigenvalue weighted by Crippen LogP contribution is 2.25. The lowest BCUT2D eigenvalue weighted by atomic mass is 10.1. The predicted molar refractivity (Wildman–Crippen MR) is 103 cm³/mol. The maximum absolute atomic E-state index is 13.8. The minimum Gasteiger partial charge on any atom is -0.379 e. The molecule has 0 spiro atoms. The molecule has 0 aliphatic carbocycles. The normalized spacial score (nSPS) is 22.3. The number of nitrogens with one attached hydrogen (secondary N) is 1. The van der Waals surface area contributed by atoms with E-state index in [0.29, 0.717) is 18.7 Å². The maximum atomic E-state index is 13.8. The van der Waals surface area contributed by atoms with Gasteiger partial charge in [-0.2, -0.15) is 4.31 Å². The van der Waals surface area contributed by atoms with Crippen molar-refractivity contribution in [3.8, 4) is 0 Å². The third-order valence-corrected chi connectivity index (χ3v) is 7.47. The van der Waals surface area contributed by atoms with Crippen LogP contribution in [0.1, 0.15) is 24.8 Å². The molecule has 2 aliphatic heterocycles. The van der Waals surface area contributed by atoms with Crippen LogP contribution in [0.4, 0.5) is 4.39 Å². The zero-order chi connectivity index (χ0) is 19.3. The van der Waals surface area contributed by atoms with Crippen LogP contribution in [0.3, 0.4) is 0 Å². The number of sulfonamides is 1. The van der Waals surface area contributed by atoms with E-state index in [1.165, 1.54) is 12.1 Å². The summed E-state index contributed by atoms with van der Waals surface area (Å²) in [5.74, 6) is -0.519.